The van der Waals surface area contributed by atoms with Crippen molar-refractivity contribution in [2.45, 2.75) is 25.5 Å². The highest BCUT2D eigenvalue weighted by atomic mass is 16.5. The van der Waals surface area contributed by atoms with E-state index in [4.69, 9.17) is 10.5 Å². The van der Waals surface area contributed by atoms with E-state index >= 15 is 0 Å². The van der Waals surface area contributed by atoms with Gasteiger partial charge in [-0.1, -0.05) is 12.1 Å². The van der Waals surface area contributed by atoms with Crippen molar-refractivity contribution in [1.82, 2.24) is 4.90 Å². The molecule has 1 aliphatic rings. The van der Waals surface area contributed by atoms with E-state index in [2.05, 4.69) is 4.90 Å². The number of rotatable bonds is 3. The summed E-state index contributed by atoms with van der Waals surface area (Å²) < 4.78 is 4.78. The molecule has 1 aromatic rings. The molecule has 1 saturated heterocycles. The molecule has 1 heterocycles. The molecule has 0 spiro atoms. The molecule has 1 unspecified atom stereocenters. The summed E-state index contributed by atoms with van der Waals surface area (Å²) in [4.78, 5) is 13.9. The highest BCUT2D eigenvalue weighted by molar-refractivity contribution is 5.96. The van der Waals surface area contributed by atoms with Crippen LogP contribution in [-0.2, 0) is 11.3 Å². The van der Waals surface area contributed by atoms with Crippen molar-refractivity contribution < 1.29 is 14.6 Å². The molecule has 1 aliphatic heterocycles. The lowest BCUT2D eigenvalue weighted by Crippen LogP contribution is -2.38. The van der Waals surface area contributed by atoms with Crippen molar-refractivity contribution in [3.63, 3.8) is 0 Å². The summed E-state index contributed by atoms with van der Waals surface area (Å²) in [6, 6.07) is 5.40. The van der Waals surface area contributed by atoms with Crippen LogP contribution in [0.15, 0.2) is 18.2 Å². The molecule has 1 atom stereocenters. The highest BCUT2D eigenvalue weighted by Crippen LogP contribution is 2.21. The fourth-order valence-electron chi connectivity index (χ4n) is 2.52. The van der Waals surface area contributed by atoms with Gasteiger partial charge in [-0.2, -0.15) is 0 Å². The van der Waals surface area contributed by atoms with Crippen LogP contribution in [0.25, 0.3) is 0 Å². The maximum atomic E-state index is 11.8. The number of β-amino-alcohol motifs (C(OH)–C–C–N with tert-alkyl or cyclic N) is 1. The van der Waals surface area contributed by atoms with Crippen LogP contribution in [0, 0.1) is 0 Å². The topological polar surface area (TPSA) is 75.8 Å². The van der Waals surface area contributed by atoms with E-state index in [0.29, 0.717) is 24.3 Å². The van der Waals surface area contributed by atoms with Gasteiger partial charge in [0, 0.05) is 18.8 Å². The van der Waals surface area contributed by atoms with E-state index in [-0.39, 0.29) is 6.10 Å². The Hall–Kier alpha value is -1.59. The van der Waals surface area contributed by atoms with E-state index < -0.39 is 5.97 Å². The van der Waals surface area contributed by atoms with Crippen LogP contribution in [0.1, 0.15) is 28.8 Å². The van der Waals surface area contributed by atoms with E-state index in [0.717, 1.165) is 24.9 Å². The van der Waals surface area contributed by atoms with Gasteiger partial charge in [-0.05, 0) is 31.0 Å². The molecule has 1 aromatic carbocycles. The number of hydrogen-bond acceptors (Lipinski definition) is 5. The smallest absolute Gasteiger partial charge is 0.340 e. The molecule has 5 nitrogen and oxygen atoms in total. The van der Waals surface area contributed by atoms with Gasteiger partial charge in [0.25, 0.3) is 0 Å². The van der Waals surface area contributed by atoms with Crippen LogP contribution in [-0.4, -0.2) is 42.3 Å². The number of nitrogens with two attached hydrogens (primary N) is 1. The molecule has 5 heteroatoms. The fourth-order valence-corrected chi connectivity index (χ4v) is 2.52. The van der Waals surface area contributed by atoms with E-state index in [9.17, 15) is 9.90 Å². The van der Waals surface area contributed by atoms with Gasteiger partial charge in [0.1, 0.15) is 0 Å². The van der Waals surface area contributed by atoms with Crippen molar-refractivity contribution in [2.24, 2.45) is 0 Å². The summed E-state index contributed by atoms with van der Waals surface area (Å²) in [5.41, 5.74) is 7.58. The Morgan fingerprint density at radius 2 is 2.37 bits per heavy atom. The molecule has 104 valence electrons. The number of esters is 1. The van der Waals surface area contributed by atoms with Crippen LogP contribution < -0.4 is 5.73 Å². The Balaban J connectivity index is 2.19. The molecule has 0 radical (unpaired) electrons. The zero-order valence-electron chi connectivity index (χ0n) is 11.1. The molecule has 0 aromatic heterocycles. The number of likely N-dealkylation sites (tertiary alicyclic amines) is 1. The van der Waals surface area contributed by atoms with E-state index in [1.165, 1.54) is 7.11 Å². The van der Waals surface area contributed by atoms with Gasteiger partial charge in [0.2, 0.25) is 0 Å². The molecule has 0 amide bonds. The molecule has 1 fully saturated rings. The number of aliphatic hydroxyl groups is 1. The minimum Gasteiger partial charge on any atom is -0.465 e. The van der Waals surface area contributed by atoms with Crippen LogP contribution in [0.4, 0.5) is 5.69 Å². The SMILES string of the molecule is COC(=O)c1c(N)cccc1CN1CCCC(O)C1. The summed E-state index contributed by atoms with van der Waals surface area (Å²) >= 11 is 0. The first-order valence-electron chi connectivity index (χ1n) is 6.48. The molecular formula is C14H20N2O3. The van der Waals surface area contributed by atoms with Crippen molar-refractivity contribution >= 4 is 11.7 Å². The van der Waals surface area contributed by atoms with Crippen LogP contribution >= 0.6 is 0 Å². The monoisotopic (exact) mass is 264 g/mol. The predicted molar refractivity (Wildman–Crippen MR) is 72.7 cm³/mol. The van der Waals surface area contributed by atoms with Crippen molar-refractivity contribution in [3.8, 4) is 0 Å². The fraction of sp³-hybridized carbons (Fsp3) is 0.500. The van der Waals surface area contributed by atoms with E-state index in [1.807, 2.05) is 12.1 Å². The van der Waals surface area contributed by atoms with Gasteiger partial charge in [0.05, 0.1) is 18.8 Å². The quantitative estimate of drug-likeness (QED) is 0.629. The predicted octanol–water partition coefficient (Wildman–Crippen LogP) is 1.01. The Morgan fingerprint density at radius 3 is 3.05 bits per heavy atom. The molecule has 19 heavy (non-hydrogen) atoms. The molecule has 3 N–H and O–H groups in total. The zero-order chi connectivity index (χ0) is 13.8. The summed E-state index contributed by atoms with van der Waals surface area (Å²) in [5.74, 6) is -0.411. The van der Waals surface area contributed by atoms with Crippen molar-refractivity contribution in [3.05, 3.63) is 29.3 Å². The summed E-state index contributed by atoms with van der Waals surface area (Å²) in [7, 11) is 1.35. The maximum Gasteiger partial charge on any atom is 0.340 e. The second-order valence-electron chi connectivity index (χ2n) is 4.90. The molecule has 0 bridgehead atoms. The standard InChI is InChI=1S/C14H20N2O3/c1-19-14(18)13-10(4-2-6-12(13)15)8-16-7-3-5-11(17)9-16/h2,4,6,11,17H,3,5,7-9,15H2,1H3. The zero-order valence-corrected chi connectivity index (χ0v) is 11.1. The second kappa shape index (κ2) is 6.04. The first-order chi connectivity index (χ1) is 9.11. The maximum absolute atomic E-state index is 11.8. The second-order valence-corrected chi connectivity index (χ2v) is 4.90. The molecular weight excluding hydrogens is 244 g/mol. The molecule has 0 aliphatic carbocycles. The average Bonchev–Trinajstić information content (AvgIpc) is 2.38. The summed E-state index contributed by atoms with van der Waals surface area (Å²) in [6.07, 6.45) is 1.53. The third kappa shape index (κ3) is 3.24. The Morgan fingerprint density at radius 1 is 1.58 bits per heavy atom. The van der Waals surface area contributed by atoms with Gasteiger partial charge >= 0.3 is 5.97 Å². The van der Waals surface area contributed by atoms with Crippen LogP contribution in [0.5, 0.6) is 0 Å². The number of carbonyl (C=O) groups is 1. The Bertz CT molecular complexity index is 462. The number of aliphatic hydroxyl groups excluding tert-OH is 1. The van der Waals surface area contributed by atoms with Crippen molar-refractivity contribution in [1.29, 1.82) is 0 Å². The summed E-state index contributed by atoms with van der Waals surface area (Å²) in [6.45, 7) is 2.16. The minimum absolute atomic E-state index is 0.281. The van der Waals surface area contributed by atoms with Gasteiger partial charge in [0.15, 0.2) is 0 Å². The first kappa shape index (κ1) is 13.8. The third-order valence-corrected chi connectivity index (χ3v) is 3.45. The highest BCUT2D eigenvalue weighted by Gasteiger charge is 2.21. The number of methoxy groups -OCH3 is 1. The first-order valence-corrected chi connectivity index (χ1v) is 6.48. The van der Waals surface area contributed by atoms with Gasteiger partial charge in [-0.25, -0.2) is 4.79 Å². The minimum atomic E-state index is -0.411. The van der Waals surface area contributed by atoms with Crippen LogP contribution in [0.2, 0.25) is 0 Å². The average molecular weight is 264 g/mol. The third-order valence-electron chi connectivity index (χ3n) is 3.45. The number of benzene rings is 1. The lowest BCUT2D eigenvalue weighted by molar-refractivity contribution is 0.0588. The lowest BCUT2D eigenvalue weighted by Gasteiger charge is -2.30. The number of nitrogens with zero attached hydrogens (tertiary/aromatic N) is 1. The number of piperidine rings is 1. The Labute approximate surface area is 113 Å². The number of carbonyl (C=O) groups excluding carboxylic acids is 1. The molecule has 2 rings (SSSR count). The number of hydrogen-bond donors (Lipinski definition) is 2. The number of nitrogen functional groups attached to an aromatic ring is 1. The Kier molecular flexibility index (Phi) is 4.39. The van der Waals surface area contributed by atoms with Crippen molar-refractivity contribution in [2.75, 3.05) is 25.9 Å². The van der Waals surface area contributed by atoms with Gasteiger partial charge < -0.3 is 15.6 Å². The number of ether oxygens (including phenoxy) is 1. The number of anilines is 1. The van der Waals surface area contributed by atoms with E-state index in [1.54, 1.807) is 6.07 Å². The van der Waals surface area contributed by atoms with Gasteiger partial charge in [-0.15, -0.1) is 0 Å². The largest absolute Gasteiger partial charge is 0.465 e. The van der Waals surface area contributed by atoms with Crippen LogP contribution in [0.3, 0.4) is 0 Å². The summed E-state index contributed by atoms with van der Waals surface area (Å²) in [5, 5.41) is 9.68. The van der Waals surface area contributed by atoms with Gasteiger partial charge in [-0.3, -0.25) is 4.90 Å². The molecule has 0 saturated carbocycles. The lowest BCUT2D eigenvalue weighted by atomic mass is 10.0. The normalized spacial score (nSPS) is 20.2.